The van der Waals surface area contributed by atoms with Gasteiger partial charge in [0.05, 0.1) is 7.11 Å². The van der Waals surface area contributed by atoms with Gasteiger partial charge in [0.15, 0.2) is 6.10 Å². The number of nitrogens with two attached hydrogens (primary N) is 1. The Morgan fingerprint density at radius 3 is 2.44 bits per heavy atom. The van der Waals surface area contributed by atoms with Gasteiger partial charge in [-0.3, -0.25) is 4.84 Å². The van der Waals surface area contributed by atoms with Crippen LogP contribution in [0.1, 0.15) is 13.3 Å². The lowest BCUT2D eigenvalue weighted by atomic mass is 10.3. The second-order valence-corrected chi connectivity index (χ2v) is 1.56. The fourth-order valence-corrected chi connectivity index (χ4v) is 0.450. The Bertz CT molecular complexity index is 90.2. The second kappa shape index (κ2) is 4.29. The number of carbonyl (C=O) groups is 1. The van der Waals surface area contributed by atoms with Crippen molar-refractivity contribution in [1.82, 2.24) is 0 Å². The van der Waals surface area contributed by atoms with Gasteiger partial charge in [-0.2, -0.15) is 0 Å². The van der Waals surface area contributed by atoms with Crippen molar-refractivity contribution in [1.29, 1.82) is 0 Å². The molecular weight excluding hydrogens is 122 g/mol. The van der Waals surface area contributed by atoms with E-state index < -0.39 is 12.1 Å². The highest BCUT2D eigenvalue weighted by Gasteiger charge is 2.15. The first kappa shape index (κ1) is 8.39. The minimum Gasteiger partial charge on any atom is -0.467 e. The van der Waals surface area contributed by atoms with Crippen molar-refractivity contribution in [3.05, 3.63) is 0 Å². The fraction of sp³-hybridized carbons (Fsp3) is 0.800. The zero-order chi connectivity index (χ0) is 7.28. The van der Waals surface area contributed by atoms with E-state index in [2.05, 4.69) is 9.57 Å². The highest BCUT2D eigenvalue weighted by Crippen LogP contribution is 1.95. The van der Waals surface area contributed by atoms with E-state index >= 15 is 0 Å². The number of hydrogen-bond acceptors (Lipinski definition) is 4. The minimum atomic E-state index is -0.616. The molecule has 0 fully saturated rings. The zero-order valence-electron chi connectivity index (χ0n) is 5.59. The van der Waals surface area contributed by atoms with Crippen molar-refractivity contribution in [2.24, 2.45) is 5.90 Å². The second-order valence-electron chi connectivity index (χ2n) is 1.56. The summed E-state index contributed by atoms with van der Waals surface area (Å²) >= 11 is 0. The summed E-state index contributed by atoms with van der Waals surface area (Å²) < 4.78 is 4.35. The number of ether oxygens (including phenoxy) is 1. The van der Waals surface area contributed by atoms with Crippen LogP contribution in [0.2, 0.25) is 0 Å². The number of rotatable bonds is 3. The molecule has 4 nitrogen and oxygen atoms in total. The van der Waals surface area contributed by atoms with Crippen molar-refractivity contribution in [3.8, 4) is 0 Å². The van der Waals surface area contributed by atoms with Crippen LogP contribution in [0.25, 0.3) is 0 Å². The first-order chi connectivity index (χ1) is 4.26. The van der Waals surface area contributed by atoms with Crippen LogP contribution in [0.15, 0.2) is 0 Å². The molecule has 0 aromatic carbocycles. The molecule has 0 bridgehead atoms. The predicted molar refractivity (Wildman–Crippen MR) is 31.4 cm³/mol. The Kier molecular flexibility index (Phi) is 4.00. The minimum absolute atomic E-state index is 0.431. The van der Waals surface area contributed by atoms with Gasteiger partial charge in [-0.25, -0.2) is 10.7 Å². The third-order valence-electron chi connectivity index (χ3n) is 0.999. The summed E-state index contributed by atoms with van der Waals surface area (Å²) in [7, 11) is 1.30. The molecule has 0 aliphatic heterocycles. The smallest absolute Gasteiger partial charge is 0.337 e. The van der Waals surface area contributed by atoms with Gasteiger partial charge in [0.25, 0.3) is 0 Å². The lowest BCUT2D eigenvalue weighted by Gasteiger charge is -2.07. The Balaban J connectivity index is 3.64. The lowest BCUT2D eigenvalue weighted by molar-refractivity contribution is -0.154. The monoisotopic (exact) mass is 133 g/mol. The van der Waals surface area contributed by atoms with Crippen LogP contribution >= 0.6 is 0 Å². The van der Waals surface area contributed by atoms with Crippen LogP contribution in [0.3, 0.4) is 0 Å². The molecule has 0 spiro atoms. The molecular formula is C5H11NO3. The molecule has 0 aliphatic carbocycles. The van der Waals surface area contributed by atoms with Gasteiger partial charge in [0.2, 0.25) is 0 Å². The van der Waals surface area contributed by atoms with E-state index in [9.17, 15) is 4.79 Å². The summed E-state index contributed by atoms with van der Waals surface area (Å²) in [6, 6.07) is 0. The van der Waals surface area contributed by atoms with Crippen LogP contribution in [-0.2, 0) is 14.4 Å². The maximum Gasteiger partial charge on any atom is 0.337 e. The van der Waals surface area contributed by atoms with Gasteiger partial charge in [-0.1, -0.05) is 6.92 Å². The quantitative estimate of drug-likeness (QED) is 0.429. The molecule has 1 atom stereocenters. The molecule has 0 radical (unpaired) electrons. The third-order valence-corrected chi connectivity index (χ3v) is 0.999. The summed E-state index contributed by atoms with van der Waals surface area (Å²) in [6.07, 6.45) is -0.0848. The molecule has 0 aromatic heterocycles. The standard InChI is InChI=1S/C5H11NO3/c1-3-4(9-6)5(7)8-2/h4H,3,6H2,1-2H3/t4-/m1/s1. The predicted octanol–water partition coefficient (Wildman–Crippen LogP) is -0.172. The molecule has 0 unspecified atom stereocenters. The van der Waals surface area contributed by atoms with Crippen LogP contribution in [0.5, 0.6) is 0 Å². The molecule has 4 heteroatoms. The topological polar surface area (TPSA) is 61.5 Å². The average molecular weight is 133 g/mol. The van der Waals surface area contributed by atoms with Crippen LogP contribution < -0.4 is 5.90 Å². The van der Waals surface area contributed by atoms with Gasteiger partial charge in [0, 0.05) is 0 Å². The molecule has 0 aliphatic rings. The first-order valence-electron chi connectivity index (χ1n) is 2.69. The molecule has 0 saturated heterocycles. The van der Waals surface area contributed by atoms with Crippen molar-refractivity contribution in [2.45, 2.75) is 19.4 Å². The molecule has 0 saturated carbocycles. The van der Waals surface area contributed by atoms with E-state index in [4.69, 9.17) is 5.90 Å². The first-order valence-corrected chi connectivity index (χ1v) is 2.69. The molecule has 0 aromatic rings. The van der Waals surface area contributed by atoms with E-state index in [1.165, 1.54) is 7.11 Å². The van der Waals surface area contributed by atoms with Crippen molar-refractivity contribution in [2.75, 3.05) is 7.11 Å². The summed E-state index contributed by atoms with van der Waals surface area (Å²) in [5.74, 6) is 4.33. The summed E-state index contributed by atoms with van der Waals surface area (Å²) in [5.41, 5.74) is 0. The molecule has 0 heterocycles. The zero-order valence-corrected chi connectivity index (χ0v) is 5.59. The van der Waals surface area contributed by atoms with Crippen LogP contribution in [0.4, 0.5) is 0 Å². The maximum absolute atomic E-state index is 10.5. The van der Waals surface area contributed by atoms with Gasteiger partial charge in [0.1, 0.15) is 0 Å². The number of carbonyl (C=O) groups excluding carboxylic acids is 1. The van der Waals surface area contributed by atoms with Gasteiger partial charge >= 0.3 is 5.97 Å². The van der Waals surface area contributed by atoms with Crippen molar-refractivity contribution >= 4 is 5.97 Å². The van der Waals surface area contributed by atoms with Crippen molar-refractivity contribution < 1.29 is 14.4 Å². The largest absolute Gasteiger partial charge is 0.467 e. The summed E-state index contributed by atoms with van der Waals surface area (Å²) in [5, 5.41) is 0. The fourth-order valence-electron chi connectivity index (χ4n) is 0.450. The van der Waals surface area contributed by atoms with Gasteiger partial charge < -0.3 is 4.74 Å². The number of esters is 1. The summed E-state index contributed by atoms with van der Waals surface area (Å²) in [6.45, 7) is 1.79. The Morgan fingerprint density at radius 2 is 2.33 bits per heavy atom. The third kappa shape index (κ3) is 2.43. The normalized spacial score (nSPS) is 12.8. The maximum atomic E-state index is 10.5. The van der Waals surface area contributed by atoms with Crippen LogP contribution in [0, 0.1) is 0 Å². The molecule has 9 heavy (non-hydrogen) atoms. The van der Waals surface area contributed by atoms with Gasteiger partial charge in [-0.15, -0.1) is 0 Å². The van der Waals surface area contributed by atoms with E-state index in [-0.39, 0.29) is 0 Å². The van der Waals surface area contributed by atoms with E-state index in [1.54, 1.807) is 6.92 Å². The Morgan fingerprint density at radius 1 is 1.78 bits per heavy atom. The molecule has 0 rings (SSSR count). The molecule has 0 amide bonds. The van der Waals surface area contributed by atoms with E-state index in [1.807, 2.05) is 0 Å². The number of methoxy groups -OCH3 is 1. The van der Waals surface area contributed by atoms with E-state index in [0.717, 1.165) is 0 Å². The highest BCUT2D eigenvalue weighted by atomic mass is 16.6. The highest BCUT2D eigenvalue weighted by molar-refractivity contribution is 5.74. The Labute approximate surface area is 53.9 Å². The van der Waals surface area contributed by atoms with Crippen LogP contribution in [-0.4, -0.2) is 19.2 Å². The summed E-state index contributed by atoms with van der Waals surface area (Å²) in [4.78, 5) is 14.8. The lowest BCUT2D eigenvalue weighted by Crippen LogP contribution is -2.27. The number of hydrogen-bond donors (Lipinski definition) is 1. The van der Waals surface area contributed by atoms with Gasteiger partial charge in [-0.05, 0) is 6.42 Å². The SMILES string of the molecule is CC[C@@H](ON)C(=O)OC. The molecule has 54 valence electrons. The van der Waals surface area contributed by atoms with E-state index in [0.29, 0.717) is 6.42 Å². The Hall–Kier alpha value is -0.610. The van der Waals surface area contributed by atoms with Crippen molar-refractivity contribution in [3.63, 3.8) is 0 Å². The average Bonchev–Trinajstić information content (AvgIpc) is 1.90. The molecule has 2 N–H and O–H groups in total.